The SMILES string of the molecule is CCOC1CC(O)C12CCN(CC(O)c1c(F)cccc1F)CC2. The average Bonchev–Trinajstić information content (AvgIpc) is 2.55. The van der Waals surface area contributed by atoms with Crippen LogP contribution in [0.1, 0.15) is 37.9 Å². The van der Waals surface area contributed by atoms with E-state index in [0.717, 1.165) is 25.0 Å². The lowest BCUT2D eigenvalue weighted by Gasteiger charge is -2.56. The van der Waals surface area contributed by atoms with Crippen LogP contribution in [-0.4, -0.2) is 53.6 Å². The quantitative estimate of drug-likeness (QED) is 0.863. The van der Waals surface area contributed by atoms with Gasteiger partial charge in [0.2, 0.25) is 0 Å². The molecule has 2 aliphatic rings. The molecule has 0 amide bonds. The molecule has 6 heteroatoms. The molecular formula is C18H25F2NO3. The van der Waals surface area contributed by atoms with E-state index in [1.807, 2.05) is 11.8 Å². The second kappa shape index (κ2) is 7.04. The van der Waals surface area contributed by atoms with Gasteiger partial charge in [-0.2, -0.15) is 0 Å². The molecule has 24 heavy (non-hydrogen) atoms. The van der Waals surface area contributed by atoms with Crippen LogP contribution >= 0.6 is 0 Å². The van der Waals surface area contributed by atoms with E-state index in [1.54, 1.807) is 0 Å². The first-order chi connectivity index (χ1) is 11.5. The number of benzene rings is 1. The highest BCUT2D eigenvalue weighted by Crippen LogP contribution is 2.51. The van der Waals surface area contributed by atoms with Crippen LogP contribution in [0.5, 0.6) is 0 Å². The number of ether oxygens (including phenoxy) is 1. The minimum atomic E-state index is -1.20. The second-order valence-electron chi connectivity index (χ2n) is 6.88. The van der Waals surface area contributed by atoms with Gasteiger partial charge in [-0.15, -0.1) is 0 Å². The summed E-state index contributed by atoms with van der Waals surface area (Å²) in [7, 11) is 0. The van der Waals surface area contributed by atoms with Gasteiger partial charge in [-0.1, -0.05) is 6.07 Å². The lowest BCUT2D eigenvalue weighted by molar-refractivity contribution is -0.210. The number of halogens is 2. The Morgan fingerprint density at radius 3 is 2.46 bits per heavy atom. The van der Waals surface area contributed by atoms with Crippen molar-refractivity contribution >= 4 is 0 Å². The molecular weight excluding hydrogens is 316 g/mol. The summed E-state index contributed by atoms with van der Waals surface area (Å²) in [5.41, 5.74) is -0.464. The third-order valence-electron chi connectivity index (χ3n) is 5.66. The number of rotatable bonds is 5. The number of piperidine rings is 1. The van der Waals surface area contributed by atoms with Crippen LogP contribution in [0.25, 0.3) is 0 Å². The van der Waals surface area contributed by atoms with Gasteiger partial charge in [0.25, 0.3) is 0 Å². The predicted molar refractivity (Wildman–Crippen MR) is 85.5 cm³/mol. The first-order valence-corrected chi connectivity index (χ1v) is 8.62. The molecule has 1 aromatic carbocycles. The molecule has 3 atom stereocenters. The van der Waals surface area contributed by atoms with Crippen LogP contribution in [0, 0.1) is 17.0 Å². The molecule has 1 aliphatic carbocycles. The molecule has 3 rings (SSSR count). The highest BCUT2D eigenvalue weighted by molar-refractivity contribution is 5.22. The number of nitrogens with zero attached hydrogens (tertiary/aromatic N) is 1. The normalized spacial score (nSPS) is 27.9. The third kappa shape index (κ3) is 3.08. The van der Waals surface area contributed by atoms with Gasteiger partial charge in [0.05, 0.1) is 23.9 Å². The molecule has 4 nitrogen and oxygen atoms in total. The maximum atomic E-state index is 13.8. The molecule has 1 aromatic rings. The van der Waals surface area contributed by atoms with Crippen molar-refractivity contribution in [2.45, 2.75) is 44.5 Å². The summed E-state index contributed by atoms with van der Waals surface area (Å²) in [6, 6.07) is 3.60. The van der Waals surface area contributed by atoms with E-state index in [-0.39, 0.29) is 29.7 Å². The van der Waals surface area contributed by atoms with Crippen molar-refractivity contribution in [3.8, 4) is 0 Å². The highest BCUT2D eigenvalue weighted by Gasteiger charge is 2.56. The zero-order chi connectivity index (χ0) is 17.3. The fraction of sp³-hybridized carbons (Fsp3) is 0.667. The Labute approximate surface area is 141 Å². The van der Waals surface area contributed by atoms with Gasteiger partial charge in [0, 0.05) is 25.0 Å². The monoisotopic (exact) mass is 341 g/mol. The first kappa shape index (κ1) is 17.7. The van der Waals surface area contributed by atoms with E-state index in [9.17, 15) is 19.0 Å². The van der Waals surface area contributed by atoms with E-state index in [0.29, 0.717) is 26.1 Å². The zero-order valence-electron chi connectivity index (χ0n) is 13.9. The van der Waals surface area contributed by atoms with Crippen molar-refractivity contribution < 1.29 is 23.7 Å². The van der Waals surface area contributed by atoms with Crippen molar-refractivity contribution in [1.82, 2.24) is 4.90 Å². The molecule has 1 saturated carbocycles. The van der Waals surface area contributed by atoms with Gasteiger partial charge >= 0.3 is 0 Å². The Morgan fingerprint density at radius 1 is 1.29 bits per heavy atom. The fourth-order valence-electron chi connectivity index (χ4n) is 4.13. The van der Waals surface area contributed by atoms with E-state index in [2.05, 4.69) is 0 Å². The Kier molecular flexibility index (Phi) is 5.20. The number of aliphatic hydroxyl groups is 2. The van der Waals surface area contributed by atoms with Crippen LogP contribution in [0.4, 0.5) is 8.78 Å². The summed E-state index contributed by atoms with van der Waals surface area (Å²) in [5.74, 6) is -1.44. The van der Waals surface area contributed by atoms with Gasteiger partial charge in [0.15, 0.2) is 0 Å². The summed E-state index contributed by atoms with van der Waals surface area (Å²) in [5, 5.41) is 20.4. The third-order valence-corrected chi connectivity index (χ3v) is 5.66. The number of β-amino-alcohol motifs (C(OH)–C–C–N with tert-alkyl or cyclic N) is 1. The van der Waals surface area contributed by atoms with Crippen molar-refractivity contribution in [2.24, 2.45) is 5.41 Å². The van der Waals surface area contributed by atoms with Crippen LogP contribution in [0.2, 0.25) is 0 Å². The molecule has 0 radical (unpaired) electrons. The molecule has 0 bridgehead atoms. The second-order valence-corrected chi connectivity index (χ2v) is 6.88. The van der Waals surface area contributed by atoms with Crippen molar-refractivity contribution in [1.29, 1.82) is 0 Å². The lowest BCUT2D eigenvalue weighted by atomic mass is 9.58. The Morgan fingerprint density at radius 2 is 1.92 bits per heavy atom. The maximum Gasteiger partial charge on any atom is 0.131 e. The number of aliphatic hydroxyl groups excluding tert-OH is 2. The molecule has 1 aliphatic heterocycles. The molecule has 2 N–H and O–H groups in total. The van der Waals surface area contributed by atoms with Gasteiger partial charge < -0.3 is 19.8 Å². The largest absolute Gasteiger partial charge is 0.392 e. The van der Waals surface area contributed by atoms with Crippen molar-refractivity contribution in [2.75, 3.05) is 26.2 Å². The van der Waals surface area contributed by atoms with Crippen LogP contribution < -0.4 is 0 Å². The Bertz CT molecular complexity index is 553. The summed E-state index contributed by atoms with van der Waals surface area (Å²) < 4.78 is 33.3. The Balaban J connectivity index is 1.59. The summed E-state index contributed by atoms with van der Waals surface area (Å²) in [4.78, 5) is 2.00. The van der Waals surface area contributed by atoms with E-state index in [1.165, 1.54) is 6.07 Å². The summed E-state index contributed by atoms with van der Waals surface area (Å²) in [6.07, 6.45) is 0.765. The smallest absolute Gasteiger partial charge is 0.131 e. The molecule has 134 valence electrons. The first-order valence-electron chi connectivity index (χ1n) is 8.62. The fourth-order valence-corrected chi connectivity index (χ4v) is 4.13. The molecule has 1 saturated heterocycles. The number of hydrogen-bond acceptors (Lipinski definition) is 4. The van der Waals surface area contributed by atoms with Crippen LogP contribution in [-0.2, 0) is 4.74 Å². The van der Waals surface area contributed by atoms with E-state index >= 15 is 0 Å². The topological polar surface area (TPSA) is 52.9 Å². The summed E-state index contributed by atoms with van der Waals surface area (Å²) >= 11 is 0. The van der Waals surface area contributed by atoms with Crippen molar-refractivity contribution in [3.63, 3.8) is 0 Å². The van der Waals surface area contributed by atoms with Gasteiger partial charge in [-0.3, -0.25) is 0 Å². The minimum absolute atomic E-state index is 0.0913. The molecule has 1 heterocycles. The molecule has 0 aromatic heterocycles. The average molecular weight is 341 g/mol. The zero-order valence-corrected chi connectivity index (χ0v) is 13.9. The summed E-state index contributed by atoms with van der Waals surface area (Å²) in [6.45, 7) is 4.12. The molecule has 2 fully saturated rings. The maximum absolute atomic E-state index is 13.8. The van der Waals surface area contributed by atoms with Gasteiger partial charge in [0.1, 0.15) is 11.6 Å². The standard InChI is InChI=1S/C18H25F2NO3/c1-2-24-16-10-15(23)18(16)6-8-21(9-7-18)11-14(22)17-12(19)4-3-5-13(17)20/h3-5,14-16,22-23H,2,6-11H2,1H3. The molecule has 1 spiro atoms. The lowest BCUT2D eigenvalue weighted by Crippen LogP contribution is -2.62. The van der Waals surface area contributed by atoms with Crippen LogP contribution in [0.3, 0.4) is 0 Å². The molecule has 3 unspecified atom stereocenters. The van der Waals surface area contributed by atoms with E-state index < -0.39 is 17.7 Å². The van der Waals surface area contributed by atoms with Gasteiger partial charge in [-0.25, -0.2) is 8.78 Å². The predicted octanol–water partition coefficient (Wildman–Crippen LogP) is 2.25. The Hall–Kier alpha value is -1.08. The van der Waals surface area contributed by atoms with Gasteiger partial charge in [-0.05, 0) is 45.0 Å². The van der Waals surface area contributed by atoms with Crippen molar-refractivity contribution in [3.05, 3.63) is 35.4 Å². The van der Waals surface area contributed by atoms with Crippen LogP contribution in [0.15, 0.2) is 18.2 Å². The van der Waals surface area contributed by atoms with E-state index in [4.69, 9.17) is 4.74 Å². The number of likely N-dealkylation sites (tertiary alicyclic amines) is 1. The highest BCUT2D eigenvalue weighted by atomic mass is 19.1. The minimum Gasteiger partial charge on any atom is -0.392 e. The number of hydrogen-bond donors (Lipinski definition) is 2.